The maximum atomic E-state index is 12.7. The second kappa shape index (κ2) is 10.4. The molecule has 1 heterocycles. The summed E-state index contributed by atoms with van der Waals surface area (Å²) in [5.74, 6) is 1.54. The minimum Gasteiger partial charge on any atom is -0.490 e. The van der Waals surface area contributed by atoms with Gasteiger partial charge in [-0.1, -0.05) is 11.2 Å². The number of anilines is 1. The average molecular weight is 452 g/mol. The Bertz CT molecular complexity index is 1100. The Hall–Kier alpha value is -3.55. The van der Waals surface area contributed by atoms with E-state index in [4.69, 9.17) is 18.6 Å². The summed E-state index contributed by atoms with van der Waals surface area (Å²) in [5.41, 5.74) is 3.74. The molecule has 0 fully saturated rings. The molecule has 0 bridgehead atoms. The van der Waals surface area contributed by atoms with Crippen LogP contribution in [-0.2, 0) is 12.8 Å². The molecule has 8 heteroatoms. The maximum absolute atomic E-state index is 12.7. The average Bonchev–Trinajstić information content (AvgIpc) is 3.29. The normalized spacial score (nSPS) is 12.7. The zero-order chi connectivity index (χ0) is 23.2. The number of ether oxygens (including phenoxy) is 3. The lowest BCUT2D eigenvalue weighted by atomic mass is 9.90. The summed E-state index contributed by atoms with van der Waals surface area (Å²) in [6, 6.07) is 9.38. The molecule has 0 spiro atoms. The van der Waals surface area contributed by atoms with Crippen LogP contribution < -0.4 is 19.5 Å². The minimum absolute atomic E-state index is 0.0255. The molecule has 2 aromatic carbocycles. The van der Waals surface area contributed by atoms with E-state index in [1.807, 2.05) is 39.0 Å². The lowest BCUT2D eigenvalue weighted by Crippen LogP contribution is -2.13. The molecule has 33 heavy (non-hydrogen) atoms. The van der Waals surface area contributed by atoms with E-state index in [9.17, 15) is 4.79 Å². The van der Waals surface area contributed by atoms with Crippen molar-refractivity contribution in [1.29, 1.82) is 0 Å². The molecule has 1 aliphatic carbocycles. The Morgan fingerprint density at radius 3 is 2.24 bits per heavy atom. The fourth-order valence-corrected chi connectivity index (χ4v) is 3.95. The number of hydrogen-bond acceptors (Lipinski definition) is 7. The molecule has 1 amide bonds. The Balaban J connectivity index is 1.57. The summed E-state index contributed by atoms with van der Waals surface area (Å²) in [7, 11) is 0. The molecule has 0 atom stereocenters. The predicted molar refractivity (Wildman–Crippen MR) is 124 cm³/mol. The first-order chi connectivity index (χ1) is 16.1. The quantitative estimate of drug-likeness (QED) is 0.485. The zero-order valence-corrected chi connectivity index (χ0v) is 19.3. The van der Waals surface area contributed by atoms with Gasteiger partial charge in [-0.15, -0.1) is 5.10 Å². The van der Waals surface area contributed by atoms with Gasteiger partial charge in [0.1, 0.15) is 0 Å². The van der Waals surface area contributed by atoms with Gasteiger partial charge in [-0.2, -0.15) is 0 Å². The number of aryl methyl sites for hydroxylation is 2. The molecule has 0 saturated carbocycles. The number of carbonyl (C=O) groups excluding carboxylic acids is 1. The van der Waals surface area contributed by atoms with Gasteiger partial charge in [-0.25, -0.2) is 0 Å². The number of benzene rings is 2. The molecule has 0 saturated heterocycles. The van der Waals surface area contributed by atoms with Crippen molar-refractivity contribution in [3.8, 4) is 28.7 Å². The van der Waals surface area contributed by atoms with E-state index in [-0.39, 0.29) is 17.8 Å². The second-order valence-corrected chi connectivity index (χ2v) is 7.66. The lowest BCUT2D eigenvalue weighted by Gasteiger charge is -2.16. The molecule has 4 rings (SSSR count). The van der Waals surface area contributed by atoms with Crippen LogP contribution in [0.5, 0.6) is 17.2 Å². The number of fused-ring (bicyclic) bond motifs is 1. The molecule has 0 radical (unpaired) electrons. The minimum atomic E-state index is -0.282. The standard InChI is InChI=1S/C25H29N3O5/c1-4-30-20-14-19(15-21(31-5-2)22(20)32-6-3)24-27-28-25(33-24)26-23(29)18-12-11-16-9-7-8-10-17(16)13-18/h11-15H,4-10H2,1-3H3,(H,26,28,29). The Labute approximate surface area is 193 Å². The monoisotopic (exact) mass is 451 g/mol. The van der Waals surface area contributed by atoms with Gasteiger partial charge >= 0.3 is 6.01 Å². The van der Waals surface area contributed by atoms with Gasteiger partial charge in [-0.3, -0.25) is 10.1 Å². The summed E-state index contributed by atoms with van der Waals surface area (Å²) >= 11 is 0. The van der Waals surface area contributed by atoms with E-state index in [0.29, 0.717) is 48.2 Å². The molecule has 1 aromatic heterocycles. The predicted octanol–water partition coefficient (Wildman–Crippen LogP) is 5.06. The number of nitrogens with one attached hydrogen (secondary N) is 1. The summed E-state index contributed by atoms with van der Waals surface area (Å²) < 4.78 is 23.0. The molecule has 0 unspecified atom stereocenters. The molecule has 1 aliphatic rings. The third-order valence-electron chi connectivity index (χ3n) is 5.41. The first-order valence-electron chi connectivity index (χ1n) is 11.5. The highest BCUT2D eigenvalue weighted by Crippen LogP contribution is 2.41. The fraction of sp³-hybridized carbons (Fsp3) is 0.400. The van der Waals surface area contributed by atoms with Crippen LogP contribution in [0.1, 0.15) is 55.1 Å². The van der Waals surface area contributed by atoms with E-state index >= 15 is 0 Å². The second-order valence-electron chi connectivity index (χ2n) is 7.66. The van der Waals surface area contributed by atoms with Gasteiger partial charge in [-0.05, 0) is 81.8 Å². The molecule has 3 aromatic rings. The first kappa shape index (κ1) is 22.6. The van der Waals surface area contributed by atoms with Crippen LogP contribution in [0, 0.1) is 0 Å². The molecule has 174 valence electrons. The van der Waals surface area contributed by atoms with Crippen molar-refractivity contribution in [3.05, 3.63) is 47.0 Å². The largest absolute Gasteiger partial charge is 0.490 e. The summed E-state index contributed by atoms with van der Waals surface area (Å²) in [6.45, 7) is 7.07. The van der Waals surface area contributed by atoms with Crippen molar-refractivity contribution in [2.24, 2.45) is 0 Å². The molecule has 0 aliphatic heterocycles. The van der Waals surface area contributed by atoms with E-state index in [2.05, 4.69) is 15.5 Å². The van der Waals surface area contributed by atoms with Gasteiger partial charge in [0.05, 0.1) is 19.8 Å². The van der Waals surface area contributed by atoms with E-state index in [0.717, 1.165) is 19.3 Å². The highest BCUT2D eigenvalue weighted by Gasteiger charge is 2.20. The van der Waals surface area contributed by atoms with Gasteiger partial charge in [0.2, 0.25) is 11.6 Å². The number of aromatic nitrogens is 2. The smallest absolute Gasteiger partial charge is 0.322 e. The van der Waals surface area contributed by atoms with Gasteiger partial charge in [0.15, 0.2) is 11.5 Å². The highest BCUT2D eigenvalue weighted by atomic mass is 16.5. The van der Waals surface area contributed by atoms with Crippen LogP contribution >= 0.6 is 0 Å². The number of hydrogen-bond donors (Lipinski definition) is 1. The van der Waals surface area contributed by atoms with Crippen LogP contribution in [-0.4, -0.2) is 35.9 Å². The zero-order valence-electron chi connectivity index (χ0n) is 19.3. The molecule has 8 nitrogen and oxygen atoms in total. The Morgan fingerprint density at radius 1 is 0.909 bits per heavy atom. The number of nitrogens with zero attached hydrogens (tertiary/aromatic N) is 2. The summed E-state index contributed by atoms with van der Waals surface area (Å²) in [5, 5.41) is 10.8. The van der Waals surface area contributed by atoms with Crippen LogP contribution in [0.25, 0.3) is 11.5 Å². The van der Waals surface area contributed by atoms with Crippen LogP contribution in [0.3, 0.4) is 0 Å². The van der Waals surface area contributed by atoms with Gasteiger partial charge in [0, 0.05) is 11.1 Å². The topological polar surface area (TPSA) is 95.7 Å². The third kappa shape index (κ3) is 5.10. The van der Waals surface area contributed by atoms with Crippen LogP contribution in [0.4, 0.5) is 6.01 Å². The molecular formula is C25H29N3O5. The van der Waals surface area contributed by atoms with Crippen LogP contribution in [0.15, 0.2) is 34.7 Å². The first-order valence-corrected chi connectivity index (χ1v) is 11.5. The Kier molecular flexibility index (Phi) is 7.12. The SMILES string of the molecule is CCOc1cc(-c2nnc(NC(=O)c3ccc4c(c3)CCCC4)o2)cc(OCC)c1OCC. The maximum Gasteiger partial charge on any atom is 0.322 e. The van der Waals surface area contributed by atoms with Crippen molar-refractivity contribution >= 4 is 11.9 Å². The fourth-order valence-electron chi connectivity index (χ4n) is 3.95. The van der Waals surface area contributed by atoms with Crippen LogP contribution in [0.2, 0.25) is 0 Å². The van der Waals surface area contributed by atoms with Crippen molar-refractivity contribution in [1.82, 2.24) is 10.2 Å². The summed E-state index contributed by atoms with van der Waals surface area (Å²) in [6.07, 6.45) is 4.43. The van der Waals surface area contributed by atoms with E-state index < -0.39 is 0 Å². The number of carbonyl (C=O) groups is 1. The molecule has 1 N–H and O–H groups in total. The third-order valence-corrected chi connectivity index (χ3v) is 5.41. The molecular weight excluding hydrogens is 422 g/mol. The lowest BCUT2D eigenvalue weighted by molar-refractivity contribution is 0.102. The van der Waals surface area contributed by atoms with Crippen molar-refractivity contribution < 1.29 is 23.4 Å². The van der Waals surface area contributed by atoms with E-state index in [1.54, 1.807) is 12.1 Å². The van der Waals surface area contributed by atoms with Gasteiger partial charge in [0.25, 0.3) is 5.91 Å². The number of rotatable bonds is 9. The Morgan fingerprint density at radius 2 is 1.58 bits per heavy atom. The van der Waals surface area contributed by atoms with Crippen molar-refractivity contribution in [3.63, 3.8) is 0 Å². The van der Waals surface area contributed by atoms with Gasteiger partial charge < -0.3 is 18.6 Å². The summed E-state index contributed by atoms with van der Waals surface area (Å²) in [4.78, 5) is 12.7. The van der Waals surface area contributed by atoms with Crippen molar-refractivity contribution in [2.75, 3.05) is 25.1 Å². The van der Waals surface area contributed by atoms with Crippen molar-refractivity contribution in [2.45, 2.75) is 46.5 Å². The number of amides is 1. The highest BCUT2D eigenvalue weighted by molar-refractivity contribution is 6.03. The van der Waals surface area contributed by atoms with E-state index in [1.165, 1.54) is 17.5 Å².